The normalized spacial score (nSPS) is 36.2. The van der Waals surface area contributed by atoms with Gasteiger partial charge in [0.2, 0.25) is 0 Å². The van der Waals surface area contributed by atoms with Crippen LogP contribution < -0.4 is 5.32 Å². The highest BCUT2D eigenvalue weighted by Crippen LogP contribution is 2.52. The zero-order chi connectivity index (χ0) is 16.5. The summed E-state index contributed by atoms with van der Waals surface area (Å²) in [6.45, 7) is 7.24. The molecule has 2 aliphatic carbocycles. The number of aliphatic hydroxyl groups is 1. The molecule has 0 saturated heterocycles. The highest BCUT2D eigenvalue weighted by Gasteiger charge is 2.59. The molecule has 2 amide bonds. The first-order chi connectivity index (χ1) is 10.4. The second-order valence-corrected chi connectivity index (χ2v) is 7.25. The largest absolute Gasteiger partial charge is 0.393 e. The van der Waals surface area contributed by atoms with Crippen molar-refractivity contribution in [3.05, 3.63) is 0 Å². The summed E-state index contributed by atoms with van der Waals surface area (Å²) in [6, 6.07) is 0.174. The fourth-order valence-corrected chi connectivity index (χ4v) is 4.66. The van der Waals surface area contributed by atoms with Crippen molar-refractivity contribution in [3.8, 4) is 0 Å². The minimum Gasteiger partial charge on any atom is -0.393 e. The van der Waals surface area contributed by atoms with Crippen LogP contribution >= 0.6 is 0 Å². The molecule has 2 fully saturated rings. The quantitative estimate of drug-likeness (QED) is 0.790. The summed E-state index contributed by atoms with van der Waals surface area (Å²) in [6.07, 6.45) is 3.71. The van der Waals surface area contributed by atoms with Crippen molar-refractivity contribution in [1.82, 2.24) is 10.2 Å². The van der Waals surface area contributed by atoms with E-state index < -0.39 is 0 Å². The average molecular weight is 312 g/mol. The van der Waals surface area contributed by atoms with Crippen molar-refractivity contribution < 1.29 is 14.6 Å². The Balaban J connectivity index is 1.92. The fourth-order valence-electron chi connectivity index (χ4n) is 4.66. The molecule has 5 nitrogen and oxygen atoms in total. The molecule has 3 atom stereocenters. The maximum Gasteiger partial charge on any atom is 0.317 e. The second-order valence-electron chi connectivity index (χ2n) is 7.25. The Kier molecular flexibility index (Phi) is 5.38. The molecule has 2 rings (SSSR count). The number of carbonyl (C=O) groups excluding carboxylic acids is 1. The molecule has 5 heteroatoms. The number of carbonyl (C=O) groups is 1. The summed E-state index contributed by atoms with van der Waals surface area (Å²) in [7, 11) is 3.62. The maximum atomic E-state index is 12.5. The zero-order valence-electron chi connectivity index (χ0n) is 14.6. The molecule has 2 aliphatic rings. The van der Waals surface area contributed by atoms with Gasteiger partial charge in [0.05, 0.1) is 12.2 Å². The second kappa shape index (κ2) is 6.75. The first-order valence-corrected chi connectivity index (χ1v) is 8.62. The first kappa shape index (κ1) is 17.5. The van der Waals surface area contributed by atoms with Gasteiger partial charge < -0.3 is 20.1 Å². The lowest BCUT2D eigenvalue weighted by Gasteiger charge is -2.59. The van der Waals surface area contributed by atoms with Gasteiger partial charge in [0.1, 0.15) is 0 Å². The monoisotopic (exact) mass is 312 g/mol. The van der Waals surface area contributed by atoms with Crippen LogP contribution in [0.5, 0.6) is 0 Å². The van der Waals surface area contributed by atoms with Gasteiger partial charge >= 0.3 is 6.03 Å². The number of hydrogen-bond acceptors (Lipinski definition) is 3. The van der Waals surface area contributed by atoms with E-state index in [1.54, 1.807) is 12.0 Å². The van der Waals surface area contributed by atoms with Crippen LogP contribution in [0.25, 0.3) is 0 Å². The highest BCUT2D eigenvalue weighted by molar-refractivity contribution is 5.74. The van der Waals surface area contributed by atoms with E-state index in [0.717, 1.165) is 32.2 Å². The van der Waals surface area contributed by atoms with E-state index in [0.29, 0.717) is 11.8 Å². The van der Waals surface area contributed by atoms with Crippen LogP contribution in [-0.2, 0) is 4.74 Å². The molecule has 22 heavy (non-hydrogen) atoms. The Morgan fingerprint density at radius 3 is 2.41 bits per heavy atom. The van der Waals surface area contributed by atoms with Gasteiger partial charge in [-0.2, -0.15) is 0 Å². The van der Waals surface area contributed by atoms with Crippen molar-refractivity contribution in [2.24, 2.45) is 17.3 Å². The minimum absolute atomic E-state index is 0.000863. The van der Waals surface area contributed by atoms with Gasteiger partial charge in [-0.25, -0.2) is 4.79 Å². The van der Waals surface area contributed by atoms with Crippen molar-refractivity contribution in [3.63, 3.8) is 0 Å². The molecule has 0 radical (unpaired) electrons. The fraction of sp³-hybridized carbons (Fsp3) is 0.941. The summed E-state index contributed by atoms with van der Waals surface area (Å²) < 4.78 is 5.68. The van der Waals surface area contributed by atoms with Gasteiger partial charge in [-0.1, -0.05) is 20.8 Å². The molecular formula is C17H32N2O3. The summed E-state index contributed by atoms with van der Waals surface area (Å²) in [4.78, 5) is 14.2. The van der Waals surface area contributed by atoms with E-state index in [1.165, 1.54) is 0 Å². The predicted molar refractivity (Wildman–Crippen MR) is 86.7 cm³/mol. The number of methoxy groups -OCH3 is 1. The van der Waals surface area contributed by atoms with Crippen LogP contribution in [0.4, 0.5) is 4.79 Å². The zero-order valence-corrected chi connectivity index (χ0v) is 14.6. The molecule has 0 bridgehead atoms. The van der Waals surface area contributed by atoms with Crippen LogP contribution in [0.2, 0.25) is 0 Å². The third-order valence-corrected chi connectivity index (χ3v) is 6.13. The summed E-state index contributed by atoms with van der Waals surface area (Å²) in [5.41, 5.74) is 0.0529. The van der Waals surface area contributed by atoms with Gasteiger partial charge in [0.15, 0.2) is 0 Å². The van der Waals surface area contributed by atoms with Crippen molar-refractivity contribution >= 4 is 6.03 Å². The smallest absolute Gasteiger partial charge is 0.317 e. The molecular weight excluding hydrogens is 280 g/mol. The SMILES string of the molecule is CCC1(CC)C(NC(=O)N(C)CC2CC(O)C2)C(C)C1OC. The summed E-state index contributed by atoms with van der Waals surface area (Å²) in [5, 5.41) is 12.6. The Hall–Kier alpha value is -0.810. The molecule has 128 valence electrons. The number of nitrogens with one attached hydrogen (secondary N) is 1. The Morgan fingerprint density at radius 1 is 1.36 bits per heavy atom. The highest BCUT2D eigenvalue weighted by atomic mass is 16.5. The van der Waals surface area contributed by atoms with E-state index in [-0.39, 0.29) is 29.7 Å². The number of aliphatic hydroxyl groups excluding tert-OH is 1. The van der Waals surface area contributed by atoms with Crippen molar-refractivity contribution in [2.75, 3.05) is 20.7 Å². The lowest BCUT2D eigenvalue weighted by atomic mass is 9.53. The standard InChI is InChI=1S/C17H32N2O3/c1-6-17(7-2)14(11(3)15(17)22-5)18-16(21)19(4)10-12-8-13(20)9-12/h11-15,20H,6-10H2,1-5H3,(H,18,21). The molecule has 2 N–H and O–H groups in total. The number of nitrogens with zero attached hydrogens (tertiary/aromatic N) is 1. The van der Waals surface area contributed by atoms with Crippen LogP contribution in [0.15, 0.2) is 0 Å². The molecule has 3 unspecified atom stereocenters. The third kappa shape index (κ3) is 2.85. The Morgan fingerprint density at radius 2 is 1.95 bits per heavy atom. The lowest BCUT2D eigenvalue weighted by Crippen LogP contribution is -2.70. The third-order valence-electron chi connectivity index (χ3n) is 6.13. The molecule has 0 aliphatic heterocycles. The minimum atomic E-state index is -0.164. The number of hydrogen-bond donors (Lipinski definition) is 2. The molecule has 0 heterocycles. The maximum absolute atomic E-state index is 12.5. The molecule has 0 aromatic rings. The van der Waals surface area contributed by atoms with E-state index in [1.807, 2.05) is 7.05 Å². The topological polar surface area (TPSA) is 61.8 Å². The number of amides is 2. The van der Waals surface area contributed by atoms with E-state index in [4.69, 9.17) is 4.74 Å². The van der Waals surface area contributed by atoms with E-state index in [9.17, 15) is 9.90 Å². The van der Waals surface area contributed by atoms with Gasteiger partial charge in [-0.3, -0.25) is 0 Å². The molecule has 2 saturated carbocycles. The lowest BCUT2D eigenvalue weighted by molar-refractivity contribution is -0.164. The van der Waals surface area contributed by atoms with Gasteiger partial charge in [0.25, 0.3) is 0 Å². The van der Waals surface area contributed by atoms with Crippen molar-refractivity contribution in [1.29, 1.82) is 0 Å². The molecule has 0 aromatic carbocycles. The van der Waals surface area contributed by atoms with Crippen LogP contribution in [0, 0.1) is 17.3 Å². The summed E-state index contributed by atoms with van der Waals surface area (Å²) in [5.74, 6) is 0.783. The van der Waals surface area contributed by atoms with Crippen LogP contribution in [-0.4, -0.2) is 55.0 Å². The summed E-state index contributed by atoms with van der Waals surface area (Å²) >= 11 is 0. The van der Waals surface area contributed by atoms with Crippen LogP contribution in [0.3, 0.4) is 0 Å². The van der Waals surface area contributed by atoms with Gasteiger partial charge in [0, 0.05) is 38.1 Å². The average Bonchev–Trinajstić information content (AvgIpc) is 2.47. The van der Waals surface area contributed by atoms with E-state index >= 15 is 0 Å². The molecule has 0 aromatic heterocycles. The number of urea groups is 1. The van der Waals surface area contributed by atoms with Gasteiger partial charge in [-0.05, 0) is 31.6 Å². The predicted octanol–water partition coefficient (Wildman–Crippen LogP) is 2.24. The number of rotatable bonds is 6. The number of ether oxygens (including phenoxy) is 1. The first-order valence-electron chi connectivity index (χ1n) is 8.62. The van der Waals surface area contributed by atoms with Crippen LogP contribution in [0.1, 0.15) is 46.5 Å². The van der Waals surface area contributed by atoms with Gasteiger partial charge in [-0.15, -0.1) is 0 Å². The Labute approximate surface area is 134 Å². The van der Waals surface area contributed by atoms with E-state index in [2.05, 4.69) is 26.1 Å². The van der Waals surface area contributed by atoms with Crippen molar-refractivity contribution in [2.45, 2.75) is 64.7 Å². The Bertz CT molecular complexity index is 391. The molecule has 0 spiro atoms.